The van der Waals surface area contributed by atoms with Crippen LogP contribution in [0.5, 0.6) is 5.75 Å². The highest BCUT2D eigenvalue weighted by atomic mass is 127. The van der Waals surface area contributed by atoms with Crippen molar-refractivity contribution in [2.45, 2.75) is 26.7 Å². The number of phenols is 1. The second-order valence-corrected chi connectivity index (χ2v) is 5.93. The molecule has 2 aromatic carbocycles. The predicted octanol–water partition coefficient (Wildman–Crippen LogP) is 3.80. The summed E-state index contributed by atoms with van der Waals surface area (Å²) in [7, 11) is 0. The van der Waals surface area contributed by atoms with Crippen molar-refractivity contribution >= 4 is 29.9 Å². The Balaban J connectivity index is 0.00000338. The van der Waals surface area contributed by atoms with Gasteiger partial charge in [-0.2, -0.15) is 0 Å². The smallest absolute Gasteiger partial charge is 0.191 e. The van der Waals surface area contributed by atoms with Crippen LogP contribution < -0.4 is 10.6 Å². The highest BCUT2D eigenvalue weighted by Crippen LogP contribution is 2.11. The van der Waals surface area contributed by atoms with E-state index in [9.17, 15) is 9.50 Å². The first-order valence-corrected chi connectivity index (χ1v) is 8.63. The van der Waals surface area contributed by atoms with E-state index in [4.69, 9.17) is 0 Å². The van der Waals surface area contributed by atoms with Crippen LogP contribution in [0.1, 0.15) is 23.6 Å². The molecule has 0 radical (unpaired) electrons. The van der Waals surface area contributed by atoms with E-state index in [1.165, 1.54) is 6.07 Å². The minimum atomic E-state index is -0.202. The average Bonchev–Trinajstić information content (AvgIpc) is 2.57. The number of aromatic hydroxyl groups is 1. The molecule has 0 aliphatic heterocycles. The lowest BCUT2D eigenvalue weighted by Gasteiger charge is -2.12. The number of guanidine groups is 1. The van der Waals surface area contributed by atoms with Crippen molar-refractivity contribution in [2.75, 3.05) is 19.6 Å². The van der Waals surface area contributed by atoms with Gasteiger partial charge < -0.3 is 15.7 Å². The highest BCUT2D eigenvalue weighted by molar-refractivity contribution is 14.0. The second kappa shape index (κ2) is 11.7. The van der Waals surface area contributed by atoms with Crippen LogP contribution in [-0.4, -0.2) is 30.7 Å². The van der Waals surface area contributed by atoms with Crippen LogP contribution in [-0.2, 0) is 12.8 Å². The summed E-state index contributed by atoms with van der Waals surface area (Å²) in [5.41, 5.74) is 3.14. The van der Waals surface area contributed by atoms with E-state index in [1.54, 1.807) is 18.2 Å². The first kappa shape index (κ1) is 22.2. The van der Waals surface area contributed by atoms with E-state index in [-0.39, 0.29) is 35.5 Å². The topological polar surface area (TPSA) is 56.7 Å². The zero-order chi connectivity index (χ0) is 18.1. The molecule has 3 N–H and O–H groups in total. The van der Waals surface area contributed by atoms with Crippen LogP contribution >= 0.6 is 24.0 Å². The Labute approximate surface area is 172 Å². The van der Waals surface area contributed by atoms with Gasteiger partial charge in [0.25, 0.3) is 0 Å². The van der Waals surface area contributed by atoms with Crippen molar-refractivity contribution in [1.82, 2.24) is 10.6 Å². The predicted molar refractivity (Wildman–Crippen MR) is 116 cm³/mol. The molecular formula is C20H27FIN3O. The molecule has 2 rings (SSSR count). The second-order valence-electron chi connectivity index (χ2n) is 5.93. The summed E-state index contributed by atoms with van der Waals surface area (Å²) in [6, 6.07) is 12.1. The fraction of sp³-hybridized carbons (Fsp3) is 0.350. The summed E-state index contributed by atoms with van der Waals surface area (Å²) in [6.07, 6.45) is 1.57. The maximum Gasteiger partial charge on any atom is 0.191 e. The van der Waals surface area contributed by atoms with Crippen LogP contribution in [0.4, 0.5) is 4.39 Å². The summed E-state index contributed by atoms with van der Waals surface area (Å²) < 4.78 is 13.1. The molecule has 0 saturated carbocycles. The molecule has 0 spiro atoms. The summed E-state index contributed by atoms with van der Waals surface area (Å²) >= 11 is 0. The molecule has 0 aliphatic carbocycles. The van der Waals surface area contributed by atoms with Crippen LogP contribution in [0, 0.1) is 12.7 Å². The maximum absolute atomic E-state index is 13.1. The molecule has 6 heteroatoms. The molecule has 0 aromatic heterocycles. The minimum absolute atomic E-state index is 0. The van der Waals surface area contributed by atoms with Crippen LogP contribution in [0.3, 0.4) is 0 Å². The number of aliphatic imine (C=N–C) groups is 1. The number of hydrogen-bond donors (Lipinski definition) is 3. The summed E-state index contributed by atoms with van der Waals surface area (Å²) in [5, 5.41) is 16.0. The highest BCUT2D eigenvalue weighted by Gasteiger charge is 2.02. The number of nitrogens with zero attached hydrogens (tertiary/aromatic N) is 1. The molecule has 4 nitrogen and oxygen atoms in total. The summed E-state index contributed by atoms with van der Waals surface area (Å²) in [6.45, 7) is 6.09. The molecule has 0 heterocycles. The van der Waals surface area contributed by atoms with E-state index in [0.717, 1.165) is 48.6 Å². The van der Waals surface area contributed by atoms with E-state index >= 15 is 0 Å². The fourth-order valence-electron chi connectivity index (χ4n) is 2.61. The zero-order valence-electron chi connectivity index (χ0n) is 15.3. The Morgan fingerprint density at radius 2 is 1.92 bits per heavy atom. The first-order chi connectivity index (χ1) is 12.1. The average molecular weight is 471 g/mol. The Bertz CT molecular complexity index is 722. The van der Waals surface area contributed by atoms with Gasteiger partial charge in [-0.25, -0.2) is 4.39 Å². The third kappa shape index (κ3) is 7.59. The number of benzene rings is 2. The standard InChI is InChI=1S/C20H26FN3O.HI/c1-3-22-20(23-11-9-16-5-4-6-19(25)14-16)24-12-10-17-7-8-18(21)13-15(17)2;/h4-8,13-14,25H,3,9-12H2,1-2H3,(H2,22,23,24);1H. The van der Waals surface area contributed by atoms with Crippen molar-refractivity contribution in [2.24, 2.45) is 4.99 Å². The van der Waals surface area contributed by atoms with Crippen molar-refractivity contribution in [3.63, 3.8) is 0 Å². The van der Waals surface area contributed by atoms with Crippen molar-refractivity contribution in [3.05, 3.63) is 65.0 Å². The Morgan fingerprint density at radius 3 is 2.62 bits per heavy atom. The molecule has 0 bridgehead atoms. The largest absolute Gasteiger partial charge is 0.508 e. The zero-order valence-corrected chi connectivity index (χ0v) is 17.6. The van der Waals surface area contributed by atoms with Gasteiger partial charge in [-0.3, -0.25) is 4.99 Å². The van der Waals surface area contributed by atoms with Crippen molar-refractivity contribution in [1.29, 1.82) is 0 Å². The number of rotatable bonds is 7. The van der Waals surface area contributed by atoms with Crippen LogP contribution in [0.2, 0.25) is 0 Å². The Hall–Kier alpha value is -1.83. The quantitative estimate of drug-likeness (QED) is 0.327. The van der Waals surface area contributed by atoms with Crippen molar-refractivity contribution < 1.29 is 9.50 Å². The minimum Gasteiger partial charge on any atom is -0.508 e. The van der Waals surface area contributed by atoms with Crippen LogP contribution in [0.15, 0.2) is 47.5 Å². The third-order valence-electron chi connectivity index (χ3n) is 3.92. The summed E-state index contributed by atoms with van der Waals surface area (Å²) in [5.74, 6) is 0.849. The van der Waals surface area contributed by atoms with E-state index < -0.39 is 0 Å². The van der Waals surface area contributed by atoms with Gasteiger partial charge >= 0.3 is 0 Å². The molecule has 0 atom stereocenters. The van der Waals surface area contributed by atoms with Gasteiger partial charge in [-0.1, -0.05) is 18.2 Å². The lowest BCUT2D eigenvalue weighted by molar-refractivity contribution is 0.474. The lowest BCUT2D eigenvalue weighted by atomic mass is 10.1. The van der Waals surface area contributed by atoms with Crippen LogP contribution in [0.25, 0.3) is 0 Å². The van der Waals surface area contributed by atoms with Gasteiger partial charge in [0.2, 0.25) is 0 Å². The Kier molecular flexibility index (Phi) is 10.0. The molecule has 0 amide bonds. The van der Waals surface area contributed by atoms with Gasteiger partial charge in [0.1, 0.15) is 11.6 Å². The molecule has 0 unspecified atom stereocenters. The Morgan fingerprint density at radius 1 is 1.12 bits per heavy atom. The number of aryl methyl sites for hydroxylation is 1. The number of hydrogen-bond acceptors (Lipinski definition) is 2. The van der Waals surface area contributed by atoms with Crippen molar-refractivity contribution in [3.8, 4) is 5.75 Å². The van der Waals surface area contributed by atoms with Gasteiger partial charge in [-0.15, -0.1) is 24.0 Å². The first-order valence-electron chi connectivity index (χ1n) is 8.63. The normalized spacial score (nSPS) is 11.0. The molecule has 0 aliphatic rings. The third-order valence-corrected chi connectivity index (χ3v) is 3.92. The van der Waals surface area contributed by atoms with Gasteiger partial charge in [0, 0.05) is 19.6 Å². The van der Waals surface area contributed by atoms with Gasteiger partial charge in [0.15, 0.2) is 5.96 Å². The number of nitrogens with one attached hydrogen (secondary N) is 2. The fourth-order valence-corrected chi connectivity index (χ4v) is 2.61. The molecular weight excluding hydrogens is 444 g/mol. The monoisotopic (exact) mass is 471 g/mol. The molecule has 2 aromatic rings. The number of phenolic OH excluding ortho intramolecular Hbond substituents is 1. The van der Waals surface area contributed by atoms with E-state index in [0.29, 0.717) is 6.54 Å². The maximum atomic E-state index is 13.1. The summed E-state index contributed by atoms with van der Waals surface area (Å²) in [4.78, 5) is 4.57. The van der Waals surface area contributed by atoms with E-state index in [2.05, 4.69) is 15.6 Å². The molecule has 142 valence electrons. The van der Waals surface area contributed by atoms with Gasteiger partial charge in [0.05, 0.1) is 0 Å². The lowest BCUT2D eigenvalue weighted by Crippen LogP contribution is -2.38. The SMILES string of the molecule is CCNC(=NCCc1ccc(F)cc1C)NCCc1cccc(O)c1.I. The van der Waals surface area contributed by atoms with Gasteiger partial charge in [-0.05, 0) is 67.6 Å². The number of halogens is 2. The molecule has 0 saturated heterocycles. The molecule has 26 heavy (non-hydrogen) atoms. The van der Waals surface area contributed by atoms with E-state index in [1.807, 2.05) is 32.0 Å². The molecule has 0 fully saturated rings.